The number of piperidine rings is 1. The molecule has 4 aromatic rings. The summed E-state index contributed by atoms with van der Waals surface area (Å²) in [5, 5.41) is 11.3. The Labute approximate surface area is 279 Å². The number of urea groups is 1. The largest absolute Gasteiger partial charge is 0.368 e. The molecular weight excluding hydrogens is 609 g/mol. The van der Waals surface area contributed by atoms with Gasteiger partial charge in [-0.05, 0) is 85.7 Å². The molecule has 48 heavy (non-hydrogen) atoms. The number of rotatable bonds is 7. The molecular formula is C37H42FN7O3. The number of hydrogen-bond donors (Lipinski definition) is 2. The van der Waals surface area contributed by atoms with Crippen LogP contribution in [0.1, 0.15) is 36.0 Å². The maximum Gasteiger partial charge on any atom is 0.322 e. The summed E-state index contributed by atoms with van der Waals surface area (Å²) < 4.78 is 13.5. The van der Waals surface area contributed by atoms with Gasteiger partial charge in [-0.15, -0.1) is 0 Å². The van der Waals surface area contributed by atoms with E-state index in [1.54, 1.807) is 18.3 Å². The zero-order valence-corrected chi connectivity index (χ0v) is 27.3. The highest BCUT2D eigenvalue weighted by Crippen LogP contribution is 2.27. The van der Waals surface area contributed by atoms with E-state index in [0.717, 1.165) is 45.4 Å². The number of benzene rings is 3. The van der Waals surface area contributed by atoms with Crippen molar-refractivity contribution in [3.8, 4) is 0 Å². The van der Waals surface area contributed by atoms with Gasteiger partial charge in [0.15, 0.2) is 0 Å². The molecule has 0 radical (unpaired) electrons. The Morgan fingerprint density at radius 3 is 2.46 bits per heavy atom. The fraction of sp³-hybridized carbons (Fsp3) is 0.405. The molecule has 11 heteroatoms. The predicted octanol–water partition coefficient (Wildman–Crippen LogP) is 4.99. The second-order valence-corrected chi connectivity index (χ2v) is 13.3. The van der Waals surface area contributed by atoms with Crippen LogP contribution in [0.2, 0.25) is 0 Å². The lowest BCUT2D eigenvalue weighted by Crippen LogP contribution is -2.52. The molecule has 0 bridgehead atoms. The number of halogens is 1. The molecule has 4 amide bonds. The molecule has 0 spiro atoms. The molecule has 3 aromatic carbocycles. The van der Waals surface area contributed by atoms with Crippen LogP contribution >= 0.6 is 0 Å². The number of nitrogens with one attached hydrogen (secondary N) is 2. The van der Waals surface area contributed by atoms with Crippen LogP contribution in [0.5, 0.6) is 0 Å². The number of likely N-dealkylation sites (tertiary alicyclic amines) is 1. The summed E-state index contributed by atoms with van der Waals surface area (Å²) in [6.45, 7) is 6.12. The first kappa shape index (κ1) is 31.7. The second kappa shape index (κ2) is 13.7. The van der Waals surface area contributed by atoms with E-state index in [1.807, 2.05) is 39.8 Å². The Hall–Kier alpha value is -4.93. The summed E-state index contributed by atoms with van der Waals surface area (Å²) in [6, 6.07) is 18.5. The summed E-state index contributed by atoms with van der Waals surface area (Å²) in [5.74, 6) is -0.814. The topological polar surface area (TPSA) is 105 Å². The summed E-state index contributed by atoms with van der Waals surface area (Å²) >= 11 is 0. The number of fused-ring (bicyclic) bond motifs is 2. The van der Waals surface area contributed by atoms with E-state index in [0.29, 0.717) is 65.1 Å². The molecule has 4 heterocycles. The van der Waals surface area contributed by atoms with Gasteiger partial charge in [0.1, 0.15) is 5.82 Å². The Kier molecular flexibility index (Phi) is 9.01. The summed E-state index contributed by atoms with van der Waals surface area (Å²) in [6.07, 6.45) is 4.57. The van der Waals surface area contributed by atoms with Crippen molar-refractivity contribution in [1.29, 1.82) is 0 Å². The Balaban J connectivity index is 1.01. The van der Waals surface area contributed by atoms with Gasteiger partial charge < -0.3 is 24.9 Å². The monoisotopic (exact) mass is 651 g/mol. The van der Waals surface area contributed by atoms with E-state index in [4.69, 9.17) is 0 Å². The molecule has 2 N–H and O–H groups in total. The normalized spacial score (nSPS) is 18.0. The van der Waals surface area contributed by atoms with Gasteiger partial charge >= 0.3 is 6.03 Å². The Morgan fingerprint density at radius 2 is 1.69 bits per heavy atom. The first-order valence-electron chi connectivity index (χ1n) is 17.0. The number of H-pyrrole nitrogens is 1. The smallest absolute Gasteiger partial charge is 0.322 e. The van der Waals surface area contributed by atoms with Crippen LogP contribution in [0.3, 0.4) is 0 Å². The average molecular weight is 652 g/mol. The van der Waals surface area contributed by atoms with E-state index >= 15 is 0 Å². The van der Waals surface area contributed by atoms with Crippen molar-refractivity contribution in [3.05, 3.63) is 89.4 Å². The molecule has 0 aliphatic carbocycles. The van der Waals surface area contributed by atoms with Gasteiger partial charge in [-0.1, -0.05) is 24.3 Å². The zero-order valence-electron chi connectivity index (χ0n) is 27.3. The summed E-state index contributed by atoms with van der Waals surface area (Å²) in [4.78, 5) is 48.9. The minimum atomic E-state index is -0.508. The van der Waals surface area contributed by atoms with Gasteiger partial charge in [0.2, 0.25) is 11.8 Å². The number of hydrogen-bond acceptors (Lipinski definition) is 5. The van der Waals surface area contributed by atoms with Gasteiger partial charge in [0.25, 0.3) is 0 Å². The van der Waals surface area contributed by atoms with Gasteiger partial charge in [-0.3, -0.25) is 14.7 Å². The van der Waals surface area contributed by atoms with Crippen molar-refractivity contribution < 1.29 is 18.8 Å². The number of aryl methyl sites for hydroxylation is 1. The van der Waals surface area contributed by atoms with Gasteiger partial charge in [-0.2, -0.15) is 5.10 Å². The molecule has 250 valence electrons. The Bertz CT molecular complexity index is 1790. The van der Waals surface area contributed by atoms with Gasteiger partial charge in [-0.25, -0.2) is 9.18 Å². The molecule has 2 saturated heterocycles. The van der Waals surface area contributed by atoms with E-state index in [1.165, 1.54) is 12.1 Å². The molecule has 1 unspecified atom stereocenters. The van der Waals surface area contributed by atoms with E-state index in [-0.39, 0.29) is 36.1 Å². The lowest BCUT2D eigenvalue weighted by Gasteiger charge is -2.39. The molecule has 1 aromatic heterocycles. The molecule has 0 saturated carbocycles. The van der Waals surface area contributed by atoms with Crippen molar-refractivity contribution in [2.75, 3.05) is 56.0 Å². The van der Waals surface area contributed by atoms with Crippen molar-refractivity contribution in [3.63, 3.8) is 0 Å². The first-order valence-corrected chi connectivity index (χ1v) is 17.0. The fourth-order valence-electron chi connectivity index (χ4n) is 7.56. The Morgan fingerprint density at radius 1 is 0.938 bits per heavy atom. The number of carbonyl (C=O) groups is 3. The maximum atomic E-state index is 14.1. The second-order valence-electron chi connectivity index (χ2n) is 13.3. The number of anilines is 2. The maximum absolute atomic E-state index is 14.1. The summed E-state index contributed by atoms with van der Waals surface area (Å²) in [7, 11) is 0. The summed E-state index contributed by atoms with van der Waals surface area (Å²) in [5.41, 5.74) is 5.96. The highest BCUT2D eigenvalue weighted by Gasteiger charge is 2.34. The third-order valence-electron chi connectivity index (χ3n) is 10.2. The van der Waals surface area contributed by atoms with E-state index < -0.39 is 5.92 Å². The third-order valence-corrected chi connectivity index (χ3v) is 10.2. The SMILES string of the molecule is Cc1cc(CC(CC(=O)N2CCC(N3CCc4ccccc4NC3=O)CC2)C(=O)N2CCN(c3ccc(F)cc3)CC2)cc2cn[nH]c12. The highest BCUT2D eigenvalue weighted by molar-refractivity contribution is 5.91. The lowest BCUT2D eigenvalue weighted by molar-refractivity contribution is -0.142. The van der Waals surface area contributed by atoms with Crippen molar-refractivity contribution in [1.82, 2.24) is 24.9 Å². The quantitative estimate of drug-likeness (QED) is 0.293. The molecule has 2 fully saturated rings. The molecule has 7 rings (SSSR count). The van der Waals surface area contributed by atoms with Crippen LogP contribution in [0, 0.1) is 18.7 Å². The lowest BCUT2D eigenvalue weighted by atomic mass is 9.91. The average Bonchev–Trinajstić information content (AvgIpc) is 3.52. The van der Waals surface area contributed by atoms with Gasteiger partial charge in [0.05, 0.1) is 17.6 Å². The molecule has 3 aliphatic rings. The zero-order chi connectivity index (χ0) is 33.2. The number of amides is 4. The van der Waals surface area contributed by atoms with Crippen LogP contribution in [0.4, 0.5) is 20.6 Å². The fourth-order valence-corrected chi connectivity index (χ4v) is 7.56. The van der Waals surface area contributed by atoms with Crippen molar-refractivity contribution in [2.45, 2.75) is 45.1 Å². The van der Waals surface area contributed by atoms with Crippen molar-refractivity contribution in [2.24, 2.45) is 5.92 Å². The number of para-hydroxylation sites is 1. The number of piperazine rings is 1. The van der Waals surface area contributed by atoms with Crippen LogP contribution in [0.25, 0.3) is 10.9 Å². The highest BCUT2D eigenvalue weighted by atomic mass is 19.1. The van der Waals surface area contributed by atoms with Crippen LogP contribution in [-0.4, -0.2) is 94.6 Å². The predicted molar refractivity (Wildman–Crippen MR) is 183 cm³/mol. The van der Waals surface area contributed by atoms with E-state index in [2.05, 4.69) is 38.6 Å². The first-order chi connectivity index (χ1) is 23.3. The van der Waals surface area contributed by atoms with Gasteiger partial charge in [0, 0.05) is 75.0 Å². The molecule has 10 nitrogen and oxygen atoms in total. The molecule has 1 atom stereocenters. The van der Waals surface area contributed by atoms with Crippen molar-refractivity contribution >= 4 is 40.1 Å². The van der Waals surface area contributed by atoms with E-state index in [9.17, 15) is 18.8 Å². The minimum absolute atomic E-state index is 0.0114. The number of carbonyl (C=O) groups excluding carboxylic acids is 3. The van der Waals surface area contributed by atoms with Crippen LogP contribution in [-0.2, 0) is 22.4 Å². The number of aromatic amines is 1. The van der Waals surface area contributed by atoms with Crippen LogP contribution < -0.4 is 10.2 Å². The molecule has 3 aliphatic heterocycles. The third kappa shape index (κ3) is 6.72. The number of aromatic nitrogens is 2. The number of nitrogens with zero attached hydrogens (tertiary/aromatic N) is 5. The standard InChI is InChI=1S/C37H42FN7O3/c1-25-20-26(22-29-24-39-41-35(25)29)21-28(36(47)44-18-16-42(17-19-44)31-8-6-30(38)7-9-31)23-34(46)43-13-11-32(12-14-43)45-15-10-27-4-2-3-5-33(27)40-37(45)48/h2-9,20,22,24,28,32H,10-19,21,23H2,1H3,(H,39,41)(H,40,48). The van der Waals surface area contributed by atoms with Crippen LogP contribution in [0.15, 0.2) is 66.9 Å². The minimum Gasteiger partial charge on any atom is -0.368 e.